The number of hydrogen-bond acceptors (Lipinski definition) is 1. The Kier molecular flexibility index (Phi) is 0.884. The molecule has 1 heterocycles. The molecule has 0 spiro atoms. The van der Waals surface area contributed by atoms with Crippen molar-refractivity contribution >= 4 is 0 Å². The highest BCUT2D eigenvalue weighted by Gasteiger charge is 2.35. The Labute approximate surface area is 50.7 Å². The van der Waals surface area contributed by atoms with Crippen LogP contribution in [0.25, 0.3) is 0 Å². The van der Waals surface area contributed by atoms with Crippen LogP contribution in [0.3, 0.4) is 0 Å². The minimum Gasteiger partial charge on any atom is -0.299 e. The van der Waals surface area contributed by atoms with Crippen molar-refractivity contribution in [2.75, 3.05) is 7.05 Å². The Hall–Kier alpha value is -0.0400. The lowest BCUT2D eigenvalue weighted by Crippen LogP contribution is -2.23. The van der Waals surface area contributed by atoms with Gasteiger partial charge in [-0.05, 0) is 32.2 Å². The van der Waals surface area contributed by atoms with E-state index in [9.17, 15) is 0 Å². The van der Waals surface area contributed by atoms with Gasteiger partial charge in [0, 0.05) is 12.6 Å². The van der Waals surface area contributed by atoms with Crippen LogP contribution >= 0.6 is 0 Å². The van der Waals surface area contributed by atoms with Gasteiger partial charge in [0.05, 0.1) is 0 Å². The molecule has 2 rings (SSSR count). The van der Waals surface area contributed by atoms with Crippen molar-refractivity contribution in [3.8, 4) is 0 Å². The minimum absolute atomic E-state index is 0.917. The number of piperidine rings is 1. The van der Waals surface area contributed by atoms with Gasteiger partial charge >= 0.3 is 0 Å². The highest BCUT2D eigenvalue weighted by atomic mass is 15.2. The first kappa shape index (κ1) is 4.80. The number of rotatable bonds is 0. The first-order valence-corrected chi connectivity index (χ1v) is 3.43. The molecule has 1 aliphatic heterocycles. The summed E-state index contributed by atoms with van der Waals surface area (Å²) < 4.78 is 0. The fourth-order valence-electron chi connectivity index (χ4n) is 1.95. The summed E-state index contributed by atoms with van der Waals surface area (Å²) in [6, 6.07) is 0.917. The monoisotopic (exact) mass is 110 g/mol. The molecular formula is C7H12N. The number of fused-ring (bicyclic) bond motifs is 2. The maximum absolute atomic E-state index is 2.38. The fourth-order valence-corrected chi connectivity index (χ4v) is 1.95. The Bertz CT molecular complexity index is 98.6. The van der Waals surface area contributed by atoms with Crippen LogP contribution in [0, 0.1) is 12.5 Å². The van der Waals surface area contributed by atoms with E-state index in [0.717, 1.165) is 12.0 Å². The Morgan fingerprint density at radius 1 is 1.50 bits per heavy atom. The predicted octanol–water partition coefficient (Wildman–Crippen LogP) is 1.26. The quantitative estimate of drug-likeness (QED) is 0.454. The molecule has 0 N–H and O–H groups in total. The van der Waals surface area contributed by atoms with Crippen LogP contribution in [0.4, 0.5) is 0 Å². The second kappa shape index (κ2) is 1.47. The van der Waals surface area contributed by atoms with Crippen molar-refractivity contribution in [3.05, 3.63) is 6.54 Å². The molecule has 2 fully saturated rings. The van der Waals surface area contributed by atoms with E-state index in [4.69, 9.17) is 0 Å². The summed E-state index contributed by atoms with van der Waals surface area (Å²) in [5.74, 6) is 0.949. The van der Waals surface area contributed by atoms with E-state index in [1.165, 1.54) is 19.3 Å². The fraction of sp³-hybridized carbons (Fsp3) is 0.857. The van der Waals surface area contributed by atoms with Crippen LogP contribution in [0.2, 0.25) is 0 Å². The summed E-state index contributed by atoms with van der Waals surface area (Å²) in [6.07, 6.45) is 4.34. The summed E-state index contributed by atoms with van der Waals surface area (Å²) in [5.41, 5.74) is 0. The van der Waals surface area contributed by atoms with Crippen molar-refractivity contribution in [1.82, 2.24) is 4.90 Å². The molecule has 0 aromatic rings. The van der Waals surface area contributed by atoms with E-state index >= 15 is 0 Å². The minimum atomic E-state index is 0.917. The Morgan fingerprint density at radius 2 is 2.38 bits per heavy atom. The molecule has 1 aliphatic carbocycles. The van der Waals surface area contributed by atoms with Gasteiger partial charge in [0.15, 0.2) is 0 Å². The van der Waals surface area contributed by atoms with Crippen LogP contribution in [0.15, 0.2) is 0 Å². The smallest absolute Gasteiger partial charge is 0.0282 e. The SMILES string of the molecule is CN1[CH]C2CCC1C2. The van der Waals surface area contributed by atoms with Crippen LogP contribution < -0.4 is 0 Å². The molecular weight excluding hydrogens is 98.1 g/mol. The van der Waals surface area contributed by atoms with E-state index < -0.39 is 0 Å². The first-order chi connectivity index (χ1) is 3.86. The molecule has 2 unspecified atom stereocenters. The van der Waals surface area contributed by atoms with Gasteiger partial charge in [0.25, 0.3) is 0 Å². The number of nitrogens with zero attached hydrogens (tertiary/aromatic N) is 1. The number of likely N-dealkylation sites (tertiary alicyclic amines) is 1. The van der Waals surface area contributed by atoms with E-state index in [1.807, 2.05) is 0 Å². The van der Waals surface area contributed by atoms with Crippen LogP contribution in [-0.2, 0) is 0 Å². The Morgan fingerprint density at radius 3 is 2.62 bits per heavy atom. The number of hydrogen-bond donors (Lipinski definition) is 0. The van der Waals surface area contributed by atoms with Crippen molar-refractivity contribution in [1.29, 1.82) is 0 Å². The second-order valence-electron chi connectivity index (χ2n) is 3.04. The topological polar surface area (TPSA) is 3.24 Å². The lowest BCUT2D eigenvalue weighted by atomic mass is 10.1. The van der Waals surface area contributed by atoms with Gasteiger partial charge in [-0.15, -0.1) is 0 Å². The molecule has 2 bridgehead atoms. The lowest BCUT2D eigenvalue weighted by molar-refractivity contribution is 0.312. The van der Waals surface area contributed by atoms with E-state index in [-0.39, 0.29) is 0 Å². The third-order valence-corrected chi connectivity index (χ3v) is 2.47. The van der Waals surface area contributed by atoms with Gasteiger partial charge in [-0.2, -0.15) is 0 Å². The molecule has 1 radical (unpaired) electrons. The molecule has 1 saturated heterocycles. The van der Waals surface area contributed by atoms with Crippen molar-refractivity contribution in [2.24, 2.45) is 5.92 Å². The molecule has 8 heavy (non-hydrogen) atoms. The maximum atomic E-state index is 2.38. The summed E-state index contributed by atoms with van der Waals surface area (Å²) in [7, 11) is 2.20. The van der Waals surface area contributed by atoms with E-state index in [0.29, 0.717) is 0 Å². The molecule has 0 aromatic heterocycles. The van der Waals surface area contributed by atoms with Crippen molar-refractivity contribution in [2.45, 2.75) is 25.3 Å². The zero-order valence-corrected chi connectivity index (χ0v) is 5.30. The average Bonchev–Trinajstić information content (AvgIpc) is 2.23. The second-order valence-corrected chi connectivity index (χ2v) is 3.04. The zero-order chi connectivity index (χ0) is 5.56. The van der Waals surface area contributed by atoms with Gasteiger partial charge in [-0.25, -0.2) is 0 Å². The lowest BCUT2D eigenvalue weighted by Gasteiger charge is -2.20. The molecule has 45 valence electrons. The van der Waals surface area contributed by atoms with Crippen LogP contribution in [0.1, 0.15) is 19.3 Å². The highest BCUT2D eigenvalue weighted by Crippen LogP contribution is 2.38. The maximum Gasteiger partial charge on any atom is 0.0282 e. The van der Waals surface area contributed by atoms with E-state index in [2.05, 4.69) is 18.5 Å². The summed E-state index contributed by atoms with van der Waals surface area (Å²) in [4.78, 5) is 2.38. The van der Waals surface area contributed by atoms with Gasteiger partial charge < -0.3 is 0 Å². The normalized spacial score (nSPS) is 46.1. The summed E-state index contributed by atoms with van der Waals surface area (Å²) >= 11 is 0. The molecule has 1 heteroatoms. The van der Waals surface area contributed by atoms with E-state index in [1.54, 1.807) is 0 Å². The van der Waals surface area contributed by atoms with Gasteiger partial charge in [0.2, 0.25) is 0 Å². The zero-order valence-electron chi connectivity index (χ0n) is 5.30. The first-order valence-electron chi connectivity index (χ1n) is 3.43. The van der Waals surface area contributed by atoms with Gasteiger partial charge in [-0.3, -0.25) is 4.90 Å². The largest absolute Gasteiger partial charge is 0.299 e. The summed E-state index contributed by atoms with van der Waals surface area (Å²) in [6.45, 7) is 2.38. The van der Waals surface area contributed by atoms with Crippen LogP contribution in [0.5, 0.6) is 0 Å². The standard InChI is InChI=1S/C7H12N/c1-8-5-6-2-3-7(8)4-6/h5-7H,2-4H2,1H3. The molecule has 0 amide bonds. The highest BCUT2D eigenvalue weighted by molar-refractivity contribution is 4.97. The average molecular weight is 110 g/mol. The molecule has 0 aromatic carbocycles. The van der Waals surface area contributed by atoms with Crippen molar-refractivity contribution in [3.63, 3.8) is 0 Å². The molecule has 2 aliphatic rings. The molecule has 1 nitrogen and oxygen atoms in total. The van der Waals surface area contributed by atoms with Gasteiger partial charge in [-0.1, -0.05) is 0 Å². The van der Waals surface area contributed by atoms with Crippen molar-refractivity contribution < 1.29 is 0 Å². The predicted molar refractivity (Wildman–Crippen MR) is 33.2 cm³/mol. The van der Waals surface area contributed by atoms with Crippen LogP contribution in [-0.4, -0.2) is 18.0 Å². The molecule has 1 saturated carbocycles. The summed E-state index contributed by atoms with van der Waals surface area (Å²) in [5, 5.41) is 0. The third kappa shape index (κ3) is 0.510. The molecule has 2 atom stereocenters. The Balaban J connectivity index is 2.11. The van der Waals surface area contributed by atoms with Gasteiger partial charge in [0.1, 0.15) is 0 Å². The third-order valence-electron chi connectivity index (χ3n) is 2.47.